The summed E-state index contributed by atoms with van der Waals surface area (Å²) in [7, 11) is -3.52. The van der Waals surface area contributed by atoms with Crippen LogP contribution < -0.4 is 14.8 Å². The van der Waals surface area contributed by atoms with Crippen molar-refractivity contribution < 1.29 is 22.3 Å². The van der Waals surface area contributed by atoms with Crippen LogP contribution in [-0.2, 0) is 15.6 Å². The van der Waals surface area contributed by atoms with E-state index in [9.17, 15) is 17.6 Å². The van der Waals surface area contributed by atoms with E-state index in [0.717, 1.165) is 0 Å². The number of nitrogens with zero attached hydrogens (tertiary/aromatic N) is 4. The third kappa shape index (κ3) is 5.93. The van der Waals surface area contributed by atoms with Gasteiger partial charge in [0.2, 0.25) is 15.9 Å². The van der Waals surface area contributed by atoms with E-state index in [2.05, 4.69) is 30.0 Å². The second-order valence-corrected chi connectivity index (χ2v) is 11.3. The van der Waals surface area contributed by atoms with Crippen molar-refractivity contribution in [1.29, 1.82) is 0 Å². The molecule has 3 aromatic rings. The number of nitrogens with one attached hydrogen (secondary N) is 2. The number of anilines is 1. The zero-order valence-corrected chi connectivity index (χ0v) is 21.1. The van der Waals surface area contributed by atoms with Gasteiger partial charge in [-0.1, -0.05) is 6.07 Å². The van der Waals surface area contributed by atoms with E-state index in [4.69, 9.17) is 4.74 Å². The van der Waals surface area contributed by atoms with Crippen LogP contribution in [0.2, 0.25) is 0 Å². The van der Waals surface area contributed by atoms with Crippen LogP contribution in [0.4, 0.5) is 10.2 Å². The molecule has 36 heavy (non-hydrogen) atoms. The molecule has 1 amide bonds. The standard InChI is InChI=1S/C24H27FN6O4S/c1-14(2)35-22-13-26-10-19(28-22)15-5-8-17(18(25)9-15)23(32)30-24(3,4)20-11-27-12-21(29-20)31-36(33,34)16-6-7-16/h5,8-14,16H,6-7H2,1-4H3,(H,29,31)(H,30,32). The fraction of sp³-hybridized carbons (Fsp3) is 0.375. The maximum absolute atomic E-state index is 15.0. The van der Waals surface area contributed by atoms with E-state index < -0.39 is 32.5 Å². The van der Waals surface area contributed by atoms with Gasteiger partial charge in [-0.15, -0.1) is 0 Å². The molecule has 1 fully saturated rings. The Labute approximate surface area is 208 Å². The Hall–Kier alpha value is -3.67. The number of hydrogen-bond donors (Lipinski definition) is 2. The molecule has 0 spiro atoms. The minimum atomic E-state index is -3.52. The van der Waals surface area contributed by atoms with E-state index in [1.54, 1.807) is 19.9 Å². The molecule has 1 aliphatic carbocycles. The smallest absolute Gasteiger partial charge is 0.254 e. The highest BCUT2D eigenvalue weighted by molar-refractivity contribution is 7.93. The Bertz CT molecular complexity index is 1390. The molecule has 1 saturated carbocycles. The SMILES string of the molecule is CC(C)Oc1cncc(-c2ccc(C(=O)NC(C)(C)c3cncc(NS(=O)(=O)C4CC4)n3)c(F)c2)n1. The molecule has 2 N–H and O–H groups in total. The van der Waals surface area contributed by atoms with Crippen LogP contribution in [0.1, 0.15) is 56.6 Å². The molecule has 0 aliphatic heterocycles. The molecule has 0 radical (unpaired) electrons. The van der Waals surface area contributed by atoms with Gasteiger partial charge in [0.1, 0.15) is 5.82 Å². The molecule has 1 aliphatic rings. The molecule has 0 saturated heterocycles. The average Bonchev–Trinajstić information content (AvgIpc) is 3.65. The van der Waals surface area contributed by atoms with E-state index in [0.29, 0.717) is 35.7 Å². The summed E-state index contributed by atoms with van der Waals surface area (Å²) in [6.45, 7) is 7.04. The first-order valence-corrected chi connectivity index (χ1v) is 12.9. The Balaban J connectivity index is 1.50. The number of benzene rings is 1. The summed E-state index contributed by atoms with van der Waals surface area (Å²) in [5, 5.41) is 2.32. The number of halogens is 1. The first-order valence-electron chi connectivity index (χ1n) is 11.4. The number of carbonyl (C=O) groups excluding carboxylic acids is 1. The van der Waals surface area contributed by atoms with E-state index in [-0.39, 0.29) is 17.5 Å². The van der Waals surface area contributed by atoms with Gasteiger partial charge < -0.3 is 10.1 Å². The largest absolute Gasteiger partial charge is 0.474 e. The lowest BCUT2D eigenvalue weighted by Crippen LogP contribution is -2.42. The minimum Gasteiger partial charge on any atom is -0.474 e. The van der Waals surface area contributed by atoms with Crippen molar-refractivity contribution in [1.82, 2.24) is 25.3 Å². The number of carbonyl (C=O) groups is 1. The number of hydrogen-bond acceptors (Lipinski definition) is 8. The fourth-order valence-corrected chi connectivity index (χ4v) is 4.70. The van der Waals surface area contributed by atoms with Crippen LogP contribution in [0.25, 0.3) is 11.3 Å². The van der Waals surface area contributed by atoms with Crippen LogP contribution in [0.15, 0.2) is 43.0 Å². The third-order valence-corrected chi connectivity index (χ3v) is 7.23. The second-order valence-electron chi connectivity index (χ2n) is 9.32. The molecular formula is C24H27FN6O4S. The summed E-state index contributed by atoms with van der Waals surface area (Å²) in [6.07, 6.45) is 6.79. The van der Waals surface area contributed by atoms with Crippen molar-refractivity contribution in [3.8, 4) is 17.1 Å². The molecule has 2 aromatic heterocycles. The Kier molecular flexibility index (Phi) is 6.90. The van der Waals surface area contributed by atoms with Gasteiger partial charge in [0.25, 0.3) is 5.91 Å². The molecule has 190 valence electrons. The maximum Gasteiger partial charge on any atom is 0.254 e. The second kappa shape index (κ2) is 9.76. The molecule has 0 atom stereocenters. The Morgan fingerprint density at radius 2 is 1.83 bits per heavy atom. The lowest BCUT2D eigenvalue weighted by molar-refractivity contribution is 0.0906. The van der Waals surface area contributed by atoms with Gasteiger partial charge in [0.15, 0.2) is 5.82 Å². The highest BCUT2D eigenvalue weighted by atomic mass is 32.2. The summed E-state index contributed by atoms with van der Waals surface area (Å²) in [5.74, 6) is -1.04. The van der Waals surface area contributed by atoms with Crippen molar-refractivity contribution in [2.75, 3.05) is 4.72 Å². The topological polar surface area (TPSA) is 136 Å². The minimum absolute atomic E-state index is 0.0574. The number of amides is 1. The van der Waals surface area contributed by atoms with E-state index >= 15 is 0 Å². The lowest BCUT2D eigenvalue weighted by atomic mass is 9.99. The van der Waals surface area contributed by atoms with Gasteiger partial charge in [-0.3, -0.25) is 19.5 Å². The highest BCUT2D eigenvalue weighted by Crippen LogP contribution is 2.30. The van der Waals surface area contributed by atoms with Crippen molar-refractivity contribution in [3.05, 3.63) is 60.1 Å². The maximum atomic E-state index is 15.0. The van der Waals surface area contributed by atoms with Crippen LogP contribution in [0.5, 0.6) is 5.88 Å². The van der Waals surface area contributed by atoms with Gasteiger partial charge in [-0.25, -0.2) is 22.8 Å². The van der Waals surface area contributed by atoms with Gasteiger partial charge in [0, 0.05) is 5.56 Å². The number of rotatable bonds is 9. The molecule has 4 rings (SSSR count). The van der Waals surface area contributed by atoms with Crippen LogP contribution in [0, 0.1) is 5.82 Å². The zero-order valence-electron chi connectivity index (χ0n) is 20.3. The Morgan fingerprint density at radius 3 is 2.50 bits per heavy atom. The number of sulfonamides is 1. The van der Waals surface area contributed by atoms with Gasteiger partial charge in [0.05, 0.1) is 58.6 Å². The van der Waals surface area contributed by atoms with Crippen LogP contribution in [0.3, 0.4) is 0 Å². The molecule has 12 heteroatoms. The molecule has 0 unspecified atom stereocenters. The fourth-order valence-electron chi connectivity index (χ4n) is 3.38. The lowest BCUT2D eigenvalue weighted by Gasteiger charge is -2.26. The summed E-state index contributed by atoms with van der Waals surface area (Å²) in [5.41, 5.74) is -0.106. The average molecular weight is 515 g/mol. The van der Waals surface area contributed by atoms with Gasteiger partial charge >= 0.3 is 0 Å². The van der Waals surface area contributed by atoms with Gasteiger partial charge in [-0.05, 0) is 52.7 Å². The molecule has 2 heterocycles. The summed E-state index contributed by atoms with van der Waals surface area (Å²) < 4.78 is 47.4. The quantitative estimate of drug-likeness (QED) is 0.443. The van der Waals surface area contributed by atoms with Gasteiger partial charge in [-0.2, -0.15) is 0 Å². The van der Waals surface area contributed by atoms with E-state index in [1.165, 1.54) is 36.9 Å². The van der Waals surface area contributed by atoms with Crippen LogP contribution >= 0.6 is 0 Å². The first-order chi connectivity index (χ1) is 16.9. The zero-order chi connectivity index (χ0) is 26.1. The van der Waals surface area contributed by atoms with E-state index in [1.807, 2.05) is 13.8 Å². The molecule has 10 nitrogen and oxygen atoms in total. The van der Waals surface area contributed by atoms with Crippen molar-refractivity contribution >= 4 is 21.7 Å². The normalized spacial score (nSPS) is 13.9. The summed E-state index contributed by atoms with van der Waals surface area (Å²) in [4.78, 5) is 29.7. The predicted molar refractivity (Wildman–Crippen MR) is 131 cm³/mol. The first kappa shape index (κ1) is 25.4. The number of ether oxygens (including phenoxy) is 1. The monoisotopic (exact) mass is 514 g/mol. The highest BCUT2D eigenvalue weighted by Gasteiger charge is 2.36. The molecule has 0 bridgehead atoms. The molecule has 1 aromatic carbocycles. The molecular weight excluding hydrogens is 487 g/mol. The summed E-state index contributed by atoms with van der Waals surface area (Å²) >= 11 is 0. The van der Waals surface area contributed by atoms with Crippen molar-refractivity contribution in [3.63, 3.8) is 0 Å². The van der Waals surface area contributed by atoms with Crippen LogP contribution in [-0.4, -0.2) is 45.6 Å². The Morgan fingerprint density at radius 1 is 1.11 bits per heavy atom. The third-order valence-electron chi connectivity index (χ3n) is 5.39. The van der Waals surface area contributed by atoms with Crippen molar-refractivity contribution in [2.45, 2.75) is 57.4 Å². The van der Waals surface area contributed by atoms with Crippen molar-refractivity contribution in [2.24, 2.45) is 0 Å². The predicted octanol–water partition coefficient (Wildman–Crippen LogP) is 3.43. The number of aromatic nitrogens is 4. The summed E-state index contributed by atoms with van der Waals surface area (Å²) in [6, 6.07) is 4.14.